The molecule has 0 bridgehead atoms. The Balaban J connectivity index is 1.97. The van der Waals surface area contributed by atoms with Crippen molar-refractivity contribution < 1.29 is 9.53 Å². The lowest BCUT2D eigenvalue weighted by Crippen LogP contribution is -2.09. The fourth-order valence-corrected chi connectivity index (χ4v) is 1.55. The predicted molar refractivity (Wildman–Crippen MR) is 73.9 cm³/mol. The lowest BCUT2D eigenvalue weighted by Gasteiger charge is -2.08. The monoisotopic (exact) mass is 256 g/mol. The highest BCUT2D eigenvalue weighted by atomic mass is 16.5. The van der Waals surface area contributed by atoms with Crippen LogP contribution in [0.4, 0.5) is 5.69 Å². The van der Waals surface area contributed by atoms with E-state index >= 15 is 0 Å². The number of carbonyl (C=O) groups is 1. The van der Waals surface area contributed by atoms with Crippen molar-refractivity contribution in [3.8, 4) is 5.75 Å². The van der Waals surface area contributed by atoms with Gasteiger partial charge in [-0.1, -0.05) is 19.1 Å². The molecule has 0 saturated carbocycles. The number of aromatic nitrogens is 1. The van der Waals surface area contributed by atoms with Crippen molar-refractivity contribution in [1.29, 1.82) is 0 Å². The molecule has 98 valence electrons. The van der Waals surface area contributed by atoms with Crippen molar-refractivity contribution in [2.24, 2.45) is 0 Å². The smallest absolute Gasteiger partial charge is 0.224 e. The average Bonchev–Trinajstić information content (AvgIpc) is 2.46. The molecule has 0 aliphatic carbocycles. The molecule has 0 aliphatic rings. The molecule has 0 unspecified atom stereocenters. The van der Waals surface area contributed by atoms with Crippen LogP contribution in [0.3, 0.4) is 0 Å². The van der Waals surface area contributed by atoms with Crippen LogP contribution in [0.25, 0.3) is 0 Å². The Morgan fingerprint density at radius 2 is 2.16 bits per heavy atom. The molecule has 1 aromatic heterocycles. The van der Waals surface area contributed by atoms with Crippen LogP contribution in [-0.2, 0) is 11.4 Å². The highest BCUT2D eigenvalue weighted by Crippen LogP contribution is 2.18. The molecule has 1 amide bonds. The van der Waals surface area contributed by atoms with Gasteiger partial charge < -0.3 is 10.1 Å². The van der Waals surface area contributed by atoms with Gasteiger partial charge in [-0.15, -0.1) is 0 Å². The Bertz CT molecular complexity index is 541. The third kappa shape index (κ3) is 4.10. The van der Waals surface area contributed by atoms with Crippen LogP contribution < -0.4 is 10.1 Å². The number of nitrogens with zero attached hydrogens (tertiary/aromatic N) is 1. The van der Waals surface area contributed by atoms with Crippen LogP contribution in [0, 0.1) is 0 Å². The third-order valence-electron chi connectivity index (χ3n) is 2.55. The number of pyridine rings is 1. The Labute approximate surface area is 112 Å². The van der Waals surface area contributed by atoms with E-state index in [1.54, 1.807) is 12.3 Å². The quantitative estimate of drug-likeness (QED) is 0.894. The number of amides is 1. The topological polar surface area (TPSA) is 51.2 Å². The molecular formula is C15H16N2O2. The van der Waals surface area contributed by atoms with Crippen molar-refractivity contribution in [2.75, 3.05) is 5.32 Å². The zero-order valence-electron chi connectivity index (χ0n) is 10.8. The van der Waals surface area contributed by atoms with Crippen LogP contribution >= 0.6 is 0 Å². The lowest BCUT2D eigenvalue weighted by molar-refractivity contribution is -0.115. The first kappa shape index (κ1) is 13.1. The SMILES string of the molecule is CCC(=O)Nc1cccc(OCc2ccccn2)c1. The van der Waals surface area contributed by atoms with E-state index in [9.17, 15) is 4.79 Å². The summed E-state index contributed by atoms with van der Waals surface area (Å²) in [4.78, 5) is 15.5. The van der Waals surface area contributed by atoms with Crippen molar-refractivity contribution in [2.45, 2.75) is 20.0 Å². The summed E-state index contributed by atoms with van der Waals surface area (Å²) in [5.41, 5.74) is 1.61. The molecule has 2 rings (SSSR count). The molecule has 1 aromatic carbocycles. The molecule has 1 heterocycles. The summed E-state index contributed by atoms with van der Waals surface area (Å²) in [5.74, 6) is 0.696. The third-order valence-corrected chi connectivity index (χ3v) is 2.55. The van der Waals surface area contributed by atoms with E-state index in [1.165, 1.54) is 0 Å². The van der Waals surface area contributed by atoms with Crippen molar-refractivity contribution in [1.82, 2.24) is 4.98 Å². The van der Waals surface area contributed by atoms with Gasteiger partial charge in [0.2, 0.25) is 5.91 Å². The van der Waals surface area contributed by atoms with Gasteiger partial charge in [-0.3, -0.25) is 9.78 Å². The molecule has 0 radical (unpaired) electrons. The van der Waals surface area contributed by atoms with Crippen LogP contribution in [0.5, 0.6) is 5.75 Å². The number of anilines is 1. The average molecular weight is 256 g/mol. The largest absolute Gasteiger partial charge is 0.487 e. The minimum atomic E-state index is -0.0122. The van der Waals surface area contributed by atoms with E-state index in [1.807, 2.05) is 43.3 Å². The summed E-state index contributed by atoms with van der Waals surface area (Å²) in [6.07, 6.45) is 2.19. The second-order valence-corrected chi connectivity index (χ2v) is 4.04. The molecule has 4 nitrogen and oxygen atoms in total. The lowest BCUT2D eigenvalue weighted by atomic mass is 10.3. The van der Waals surface area contributed by atoms with Crippen LogP contribution in [-0.4, -0.2) is 10.9 Å². The van der Waals surface area contributed by atoms with E-state index in [4.69, 9.17) is 4.74 Å². The van der Waals surface area contributed by atoms with Gasteiger partial charge in [0.15, 0.2) is 0 Å². The number of hydrogen-bond donors (Lipinski definition) is 1. The Morgan fingerprint density at radius 1 is 1.26 bits per heavy atom. The maximum atomic E-state index is 11.3. The van der Waals surface area contributed by atoms with E-state index in [0.717, 1.165) is 11.4 Å². The first-order chi connectivity index (χ1) is 9.28. The second-order valence-electron chi connectivity index (χ2n) is 4.04. The molecule has 2 aromatic rings. The second kappa shape index (κ2) is 6.54. The van der Waals surface area contributed by atoms with E-state index in [0.29, 0.717) is 18.8 Å². The summed E-state index contributed by atoms with van der Waals surface area (Å²) in [6.45, 7) is 2.22. The summed E-state index contributed by atoms with van der Waals surface area (Å²) >= 11 is 0. The maximum absolute atomic E-state index is 11.3. The van der Waals surface area contributed by atoms with Gasteiger partial charge in [0.05, 0.1) is 5.69 Å². The number of ether oxygens (including phenoxy) is 1. The van der Waals surface area contributed by atoms with Crippen LogP contribution in [0.1, 0.15) is 19.0 Å². The fraction of sp³-hybridized carbons (Fsp3) is 0.200. The van der Waals surface area contributed by atoms with Gasteiger partial charge in [-0.25, -0.2) is 0 Å². The number of carbonyl (C=O) groups excluding carboxylic acids is 1. The zero-order valence-corrected chi connectivity index (χ0v) is 10.8. The molecular weight excluding hydrogens is 240 g/mol. The molecule has 4 heteroatoms. The maximum Gasteiger partial charge on any atom is 0.224 e. The van der Waals surface area contributed by atoms with Crippen molar-refractivity contribution in [3.63, 3.8) is 0 Å². The van der Waals surface area contributed by atoms with Gasteiger partial charge in [0.25, 0.3) is 0 Å². The molecule has 0 atom stereocenters. The van der Waals surface area contributed by atoms with Crippen LogP contribution in [0.2, 0.25) is 0 Å². The molecule has 0 aliphatic heterocycles. The van der Waals surface area contributed by atoms with E-state index in [2.05, 4.69) is 10.3 Å². The summed E-state index contributed by atoms with van der Waals surface area (Å²) < 4.78 is 5.63. The summed E-state index contributed by atoms with van der Waals surface area (Å²) in [6, 6.07) is 13.0. The summed E-state index contributed by atoms with van der Waals surface area (Å²) in [7, 11) is 0. The molecule has 1 N–H and O–H groups in total. The molecule has 0 fully saturated rings. The standard InChI is InChI=1S/C15H16N2O2/c1-2-15(18)17-12-7-5-8-14(10-12)19-11-13-6-3-4-9-16-13/h3-10H,2,11H2,1H3,(H,17,18). The number of benzene rings is 1. The normalized spacial score (nSPS) is 9.95. The van der Waals surface area contributed by atoms with Gasteiger partial charge in [-0.05, 0) is 24.3 Å². The molecule has 0 saturated heterocycles. The van der Waals surface area contributed by atoms with E-state index in [-0.39, 0.29) is 5.91 Å². The molecule has 19 heavy (non-hydrogen) atoms. The minimum absolute atomic E-state index is 0.0122. The highest BCUT2D eigenvalue weighted by Gasteiger charge is 2.01. The van der Waals surface area contributed by atoms with Crippen molar-refractivity contribution in [3.05, 3.63) is 54.4 Å². The number of rotatable bonds is 5. The first-order valence-corrected chi connectivity index (χ1v) is 6.20. The van der Waals surface area contributed by atoms with Gasteiger partial charge >= 0.3 is 0 Å². The van der Waals surface area contributed by atoms with Gasteiger partial charge in [0, 0.05) is 24.4 Å². The van der Waals surface area contributed by atoms with Gasteiger partial charge in [-0.2, -0.15) is 0 Å². The first-order valence-electron chi connectivity index (χ1n) is 6.20. The highest BCUT2D eigenvalue weighted by molar-refractivity contribution is 5.90. The van der Waals surface area contributed by atoms with Gasteiger partial charge in [0.1, 0.15) is 12.4 Å². The number of nitrogens with one attached hydrogen (secondary N) is 1. The predicted octanol–water partition coefficient (Wildman–Crippen LogP) is 3.01. The fourth-order valence-electron chi connectivity index (χ4n) is 1.55. The minimum Gasteiger partial charge on any atom is -0.487 e. The van der Waals surface area contributed by atoms with Crippen molar-refractivity contribution >= 4 is 11.6 Å². The number of hydrogen-bond acceptors (Lipinski definition) is 3. The Morgan fingerprint density at radius 3 is 2.89 bits per heavy atom. The Hall–Kier alpha value is -2.36. The van der Waals surface area contributed by atoms with Crippen LogP contribution in [0.15, 0.2) is 48.7 Å². The zero-order chi connectivity index (χ0) is 13.5. The Kier molecular flexibility index (Phi) is 4.50. The summed E-state index contributed by atoms with van der Waals surface area (Å²) in [5, 5.41) is 2.80. The van der Waals surface area contributed by atoms with E-state index < -0.39 is 0 Å². The molecule has 0 spiro atoms.